The van der Waals surface area contributed by atoms with Crippen LogP contribution in [0.2, 0.25) is 0 Å². The summed E-state index contributed by atoms with van der Waals surface area (Å²) in [7, 11) is -3.96. The third-order valence-corrected chi connectivity index (χ3v) is 6.40. The molecular formula is C15H20F3N3O3S. The molecule has 2 N–H and O–H groups in total. The highest BCUT2D eigenvalue weighted by Gasteiger charge is 2.43. The van der Waals surface area contributed by atoms with Crippen LogP contribution in [0.1, 0.15) is 45.1 Å². The smallest absolute Gasteiger partial charge is 0.309 e. The van der Waals surface area contributed by atoms with Gasteiger partial charge in [0.25, 0.3) is 0 Å². The van der Waals surface area contributed by atoms with Crippen LogP contribution in [0, 0.1) is 0 Å². The predicted molar refractivity (Wildman–Crippen MR) is 86.3 cm³/mol. The number of pyridine rings is 1. The molecule has 0 saturated heterocycles. The Kier molecular flexibility index (Phi) is 5.43. The lowest BCUT2D eigenvalue weighted by molar-refractivity contribution is -0.137. The van der Waals surface area contributed by atoms with E-state index >= 15 is 0 Å². The lowest BCUT2D eigenvalue weighted by atomic mass is 10.2. The molecule has 0 aromatic carbocycles. The quantitative estimate of drug-likeness (QED) is 0.823. The maximum atomic E-state index is 12.5. The second-order valence-electron chi connectivity index (χ2n) is 6.50. The fraction of sp³-hybridized carbons (Fsp3) is 0.600. The number of nitrogens with zero attached hydrogens (tertiary/aromatic N) is 1. The van der Waals surface area contributed by atoms with Crippen LogP contribution in [0.4, 0.5) is 19.0 Å². The van der Waals surface area contributed by atoms with Crippen molar-refractivity contribution in [1.29, 1.82) is 0 Å². The Balaban J connectivity index is 2.09. The number of sulfonamides is 1. The van der Waals surface area contributed by atoms with Crippen LogP contribution in [-0.2, 0) is 21.0 Å². The van der Waals surface area contributed by atoms with Crippen LogP contribution in [-0.4, -0.2) is 30.1 Å². The Morgan fingerprint density at radius 3 is 2.28 bits per heavy atom. The van der Waals surface area contributed by atoms with Crippen molar-refractivity contribution in [3.63, 3.8) is 0 Å². The molecule has 1 aliphatic carbocycles. The number of carbonyl (C=O) groups is 1. The number of hydrogen-bond donors (Lipinski definition) is 2. The van der Waals surface area contributed by atoms with E-state index in [0.29, 0.717) is 6.20 Å². The molecule has 25 heavy (non-hydrogen) atoms. The first-order valence-electron chi connectivity index (χ1n) is 7.80. The van der Waals surface area contributed by atoms with Crippen LogP contribution in [0.25, 0.3) is 0 Å². The fourth-order valence-electron chi connectivity index (χ4n) is 2.43. The summed E-state index contributed by atoms with van der Waals surface area (Å²) in [5.74, 6) is -1.02. The molecule has 10 heteroatoms. The molecule has 1 aromatic rings. The Hall–Kier alpha value is -1.68. The van der Waals surface area contributed by atoms with Crippen molar-refractivity contribution >= 4 is 21.7 Å². The van der Waals surface area contributed by atoms with E-state index in [-0.39, 0.29) is 11.9 Å². The number of rotatable bonds is 5. The van der Waals surface area contributed by atoms with Gasteiger partial charge in [-0.3, -0.25) is 4.79 Å². The van der Waals surface area contributed by atoms with Crippen molar-refractivity contribution in [2.24, 2.45) is 0 Å². The van der Waals surface area contributed by atoms with Crippen molar-refractivity contribution in [2.45, 2.75) is 56.5 Å². The van der Waals surface area contributed by atoms with E-state index in [2.05, 4.69) is 15.0 Å². The summed E-state index contributed by atoms with van der Waals surface area (Å²) in [4.78, 5) is 15.9. The van der Waals surface area contributed by atoms with Gasteiger partial charge in [0.1, 0.15) is 5.82 Å². The molecule has 6 nitrogen and oxygen atoms in total. The number of alkyl halides is 3. The van der Waals surface area contributed by atoms with E-state index < -0.39 is 32.4 Å². The zero-order valence-electron chi connectivity index (χ0n) is 13.9. The van der Waals surface area contributed by atoms with Gasteiger partial charge in [-0.1, -0.05) is 12.8 Å². The number of carbonyl (C=O) groups excluding carboxylic acids is 1. The molecule has 1 aliphatic rings. The Labute approximate surface area is 144 Å². The summed E-state index contributed by atoms with van der Waals surface area (Å²) in [6, 6.07) is 1.55. The molecular weight excluding hydrogens is 359 g/mol. The van der Waals surface area contributed by atoms with Crippen LogP contribution in [0.5, 0.6) is 0 Å². The average molecular weight is 379 g/mol. The van der Waals surface area contributed by atoms with Gasteiger partial charge in [0.2, 0.25) is 15.9 Å². The standard InChI is InChI=1S/C15H20F3N3O3S/c1-14(2,25(23,24)21-11-5-3-4-6-11)13(22)20-12-8-7-10(9-19-12)15(16,17)18/h7-9,11,21H,3-6H2,1-2H3,(H,19,20,22). The van der Waals surface area contributed by atoms with Crippen LogP contribution in [0.3, 0.4) is 0 Å². The number of amides is 1. The van der Waals surface area contributed by atoms with Gasteiger partial charge in [-0.25, -0.2) is 18.1 Å². The van der Waals surface area contributed by atoms with E-state index in [1.165, 1.54) is 13.8 Å². The first kappa shape index (κ1) is 19.6. The molecule has 0 unspecified atom stereocenters. The van der Waals surface area contributed by atoms with Crippen molar-refractivity contribution in [3.05, 3.63) is 23.9 Å². The molecule has 140 valence electrons. The maximum Gasteiger partial charge on any atom is 0.417 e. The molecule has 0 spiro atoms. The molecule has 0 radical (unpaired) electrons. The highest BCUT2D eigenvalue weighted by Crippen LogP contribution is 2.29. The largest absolute Gasteiger partial charge is 0.417 e. The molecule has 0 aliphatic heterocycles. The first-order valence-corrected chi connectivity index (χ1v) is 9.28. The van der Waals surface area contributed by atoms with Gasteiger partial charge >= 0.3 is 6.18 Å². The zero-order valence-corrected chi connectivity index (χ0v) is 14.7. The van der Waals surface area contributed by atoms with E-state index in [1.807, 2.05) is 0 Å². The lowest BCUT2D eigenvalue weighted by Crippen LogP contribution is -2.52. The van der Waals surface area contributed by atoms with Crippen LogP contribution < -0.4 is 10.0 Å². The van der Waals surface area contributed by atoms with E-state index in [1.54, 1.807) is 0 Å². The number of nitrogens with one attached hydrogen (secondary N) is 2. The topological polar surface area (TPSA) is 88.2 Å². The van der Waals surface area contributed by atoms with Crippen LogP contribution in [0.15, 0.2) is 18.3 Å². The second-order valence-corrected chi connectivity index (χ2v) is 8.76. The van der Waals surface area contributed by atoms with E-state index in [4.69, 9.17) is 0 Å². The SMILES string of the molecule is CC(C)(C(=O)Nc1ccc(C(F)(F)F)cn1)S(=O)(=O)NC1CCCC1. The van der Waals surface area contributed by atoms with Gasteiger partial charge in [0.05, 0.1) is 5.56 Å². The normalized spacial score (nSPS) is 16.8. The molecule has 0 atom stereocenters. The second kappa shape index (κ2) is 6.91. The summed E-state index contributed by atoms with van der Waals surface area (Å²) in [5, 5.41) is 2.26. The lowest BCUT2D eigenvalue weighted by Gasteiger charge is -2.26. The van der Waals surface area contributed by atoms with Gasteiger partial charge in [-0.2, -0.15) is 13.2 Å². The van der Waals surface area contributed by atoms with Gasteiger partial charge < -0.3 is 5.32 Å². The molecule has 1 aromatic heterocycles. The van der Waals surface area contributed by atoms with E-state index in [9.17, 15) is 26.4 Å². The molecule has 1 fully saturated rings. The van der Waals surface area contributed by atoms with Crippen molar-refractivity contribution < 1.29 is 26.4 Å². The summed E-state index contributed by atoms with van der Waals surface area (Å²) in [6.07, 6.45) is -0.670. The first-order chi connectivity index (χ1) is 11.4. The number of aromatic nitrogens is 1. The van der Waals surface area contributed by atoms with E-state index in [0.717, 1.165) is 37.8 Å². The van der Waals surface area contributed by atoms with Crippen molar-refractivity contribution in [1.82, 2.24) is 9.71 Å². The molecule has 2 rings (SSSR count). The number of anilines is 1. The van der Waals surface area contributed by atoms with Crippen molar-refractivity contribution in [3.8, 4) is 0 Å². The van der Waals surface area contributed by atoms with Crippen LogP contribution >= 0.6 is 0 Å². The Morgan fingerprint density at radius 1 is 1.20 bits per heavy atom. The van der Waals surface area contributed by atoms with Gasteiger partial charge in [-0.15, -0.1) is 0 Å². The molecule has 1 saturated carbocycles. The fourth-order valence-corrected chi connectivity index (χ4v) is 3.70. The number of halogens is 3. The zero-order chi connectivity index (χ0) is 18.9. The minimum atomic E-state index is -4.54. The molecule has 0 bridgehead atoms. The summed E-state index contributed by atoms with van der Waals surface area (Å²) < 4.78 is 63.2. The Morgan fingerprint density at radius 2 is 1.80 bits per heavy atom. The van der Waals surface area contributed by atoms with Gasteiger partial charge in [0, 0.05) is 12.2 Å². The molecule has 1 heterocycles. The minimum absolute atomic E-state index is 0.151. The predicted octanol–water partition coefficient (Wildman–Crippen LogP) is 2.68. The summed E-state index contributed by atoms with van der Waals surface area (Å²) >= 11 is 0. The monoisotopic (exact) mass is 379 g/mol. The van der Waals surface area contributed by atoms with Gasteiger partial charge in [-0.05, 0) is 38.8 Å². The Bertz CT molecular complexity index is 725. The summed E-state index contributed by atoms with van der Waals surface area (Å²) in [6.45, 7) is 2.48. The highest BCUT2D eigenvalue weighted by molar-refractivity contribution is 7.91. The van der Waals surface area contributed by atoms with Gasteiger partial charge in [0.15, 0.2) is 4.75 Å². The maximum absolute atomic E-state index is 12.5. The third kappa shape index (κ3) is 4.49. The summed E-state index contributed by atoms with van der Waals surface area (Å²) in [5.41, 5.74) is -0.958. The molecule has 1 amide bonds. The average Bonchev–Trinajstić information content (AvgIpc) is 2.98. The minimum Gasteiger partial charge on any atom is -0.309 e. The van der Waals surface area contributed by atoms with Crippen molar-refractivity contribution in [2.75, 3.05) is 5.32 Å². The third-order valence-electron chi connectivity index (χ3n) is 4.23. The highest BCUT2D eigenvalue weighted by atomic mass is 32.2. The number of hydrogen-bond acceptors (Lipinski definition) is 4.